The fourth-order valence-electron chi connectivity index (χ4n) is 2.18. The maximum Gasteiger partial charge on any atom is 0.124 e. The molecule has 1 nitrogen and oxygen atoms in total. The summed E-state index contributed by atoms with van der Waals surface area (Å²) in [5.74, 6) is -0.497. The number of rotatable bonds is 3. The van der Waals surface area contributed by atoms with Crippen LogP contribution in [0.3, 0.4) is 0 Å². The predicted molar refractivity (Wildman–Crippen MR) is 81.2 cm³/mol. The quantitative estimate of drug-likeness (QED) is 0.796. The van der Waals surface area contributed by atoms with E-state index in [9.17, 15) is 8.78 Å². The number of aryl methyl sites for hydroxylation is 1. The van der Waals surface area contributed by atoms with Gasteiger partial charge in [-0.1, -0.05) is 12.1 Å². The van der Waals surface area contributed by atoms with Crippen molar-refractivity contribution in [1.82, 2.24) is 5.32 Å². The minimum atomic E-state index is -0.251. The molecule has 0 aliphatic rings. The molecule has 19 heavy (non-hydrogen) atoms. The lowest BCUT2D eigenvalue weighted by molar-refractivity contribution is 0.616. The third-order valence-electron chi connectivity index (χ3n) is 3.11. The van der Waals surface area contributed by atoms with Crippen LogP contribution < -0.4 is 5.32 Å². The molecule has 4 heteroatoms. The molecule has 1 unspecified atom stereocenters. The molecule has 0 heterocycles. The number of benzene rings is 2. The Bertz CT molecular complexity index is 547. The van der Waals surface area contributed by atoms with E-state index in [1.165, 1.54) is 24.3 Å². The van der Waals surface area contributed by atoms with Gasteiger partial charge >= 0.3 is 0 Å². The number of halogens is 3. The monoisotopic (exact) mass is 373 g/mol. The lowest BCUT2D eigenvalue weighted by Crippen LogP contribution is -2.20. The molecule has 0 fully saturated rings. The minimum Gasteiger partial charge on any atom is -0.309 e. The van der Waals surface area contributed by atoms with Gasteiger partial charge < -0.3 is 5.32 Å². The molecule has 0 bridgehead atoms. The van der Waals surface area contributed by atoms with Crippen LogP contribution in [0.25, 0.3) is 0 Å². The molecule has 1 N–H and O–H groups in total. The number of hydrogen-bond donors (Lipinski definition) is 1. The maximum absolute atomic E-state index is 13.2. The first-order valence-electron chi connectivity index (χ1n) is 5.91. The van der Waals surface area contributed by atoms with Crippen molar-refractivity contribution in [1.29, 1.82) is 0 Å². The fourth-order valence-corrected chi connectivity index (χ4v) is 2.97. The number of nitrogens with one attached hydrogen (secondary N) is 1. The minimum absolute atomic E-state index is 0.0758. The fraction of sp³-hybridized carbons (Fsp3) is 0.200. The van der Waals surface area contributed by atoms with E-state index in [2.05, 4.69) is 27.9 Å². The highest BCUT2D eigenvalue weighted by Crippen LogP contribution is 2.28. The van der Waals surface area contributed by atoms with Crippen LogP contribution in [0, 0.1) is 22.1 Å². The Morgan fingerprint density at radius 1 is 1.00 bits per heavy atom. The van der Waals surface area contributed by atoms with Crippen LogP contribution in [-0.4, -0.2) is 7.05 Å². The summed E-state index contributed by atoms with van der Waals surface area (Å²) in [7, 11) is 1.84. The van der Waals surface area contributed by atoms with Crippen molar-refractivity contribution in [3.63, 3.8) is 0 Å². The third-order valence-corrected chi connectivity index (χ3v) is 4.04. The first kappa shape index (κ1) is 14.4. The molecule has 100 valence electrons. The van der Waals surface area contributed by atoms with Gasteiger partial charge in [-0.05, 0) is 77.5 Å². The molecule has 0 amide bonds. The van der Waals surface area contributed by atoms with Gasteiger partial charge in [-0.2, -0.15) is 0 Å². The Labute approximate surface area is 125 Å². The summed E-state index contributed by atoms with van der Waals surface area (Å²) in [6.45, 7) is 1.87. The van der Waals surface area contributed by atoms with Crippen LogP contribution in [0.4, 0.5) is 8.78 Å². The molecule has 0 spiro atoms. The van der Waals surface area contributed by atoms with Gasteiger partial charge in [0.15, 0.2) is 0 Å². The first-order chi connectivity index (χ1) is 9.02. The molecule has 2 rings (SSSR count). The summed E-state index contributed by atoms with van der Waals surface area (Å²) < 4.78 is 27.2. The Kier molecular flexibility index (Phi) is 4.52. The largest absolute Gasteiger partial charge is 0.309 e. The lowest BCUT2D eigenvalue weighted by Gasteiger charge is -2.20. The highest BCUT2D eigenvalue weighted by atomic mass is 127. The van der Waals surface area contributed by atoms with Crippen molar-refractivity contribution < 1.29 is 8.78 Å². The molecule has 2 aromatic rings. The third kappa shape index (κ3) is 3.12. The van der Waals surface area contributed by atoms with E-state index < -0.39 is 0 Å². The van der Waals surface area contributed by atoms with Crippen molar-refractivity contribution in [2.45, 2.75) is 13.0 Å². The van der Waals surface area contributed by atoms with Gasteiger partial charge in [0.2, 0.25) is 0 Å². The zero-order valence-corrected chi connectivity index (χ0v) is 12.8. The summed E-state index contributed by atoms with van der Waals surface area (Å²) in [6, 6.07) is 9.36. The molecule has 0 aromatic heterocycles. The van der Waals surface area contributed by atoms with Gasteiger partial charge in [0.25, 0.3) is 0 Å². The van der Waals surface area contributed by atoms with E-state index in [0.29, 0.717) is 0 Å². The first-order valence-corrected chi connectivity index (χ1v) is 6.99. The molecular weight excluding hydrogens is 359 g/mol. The molecule has 0 aliphatic heterocycles. The molecule has 0 saturated heterocycles. The Hall–Kier alpha value is -1.01. The molecular formula is C15H14F2IN. The number of hydrogen-bond acceptors (Lipinski definition) is 1. The zero-order valence-electron chi connectivity index (χ0n) is 10.7. The second kappa shape index (κ2) is 5.96. The van der Waals surface area contributed by atoms with E-state index in [4.69, 9.17) is 0 Å². The van der Waals surface area contributed by atoms with E-state index in [-0.39, 0.29) is 17.7 Å². The van der Waals surface area contributed by atoms with Crippen LogP contribution >= 0.6 is 22.6 Å². The predicted octanol–water partition coefficient (Wildman–Crippen LogP) is 4.19. The summed E-state index contributed by atoms with van der Waals surface area (Å²) in [5, 5.41) is 3.21. The van der Waals surface area contributed by atoms with Crippen molar-refractivity contribution >= 4 is 22.6 Å². The maximum atomic E-state index is 13.2. The van der Waals surface area contributed by atoms with Crippen LogP contribution in [0.5, 0.6) is 0 Å². The highest BCUT2D eigenvalue weighted by molar-refractivity contribution is 14.1. The second-order valence-corrected chi connectivity index (χ2v) is 5.55. The van der Waals surface area contributed by atoms with E-state index in [0.717, 1.165) is 20.3 Å². The standard InChI is InChI=1S/C15H14F2IN/c1-9-7-10(16)3-5-12(9)15(19-2)13-6-4-11(17)8-14(13)18/h3-8,15,19H,1-2H3. The second-order valence-electron chi connectivity index (χ2n) is 4.39. The smallest absolute Gasteiger partial charge is 0.124 e. The van der Waals surface area contributed by atoms with E-state index in [1.807, 2.05) is 14.0 Å². The highest BCUT2D eigenvalue weighted by Gasteiger charge is 2.17. The molecule has 1 atom stereocenters. The molecule has 0 aliphatic carbocycles. The van der Waals surface area contributed by atoms with Crippen molar-refractivity contribution in [2.24, 2.45) is 0 Å². The van der Waals surface area contributed by atoms with Crippen molar-refractivity contribution in [2.75, 3.05) is 7.05 Å². The van der Waals surface area contributed by atoms with Gasteiger partial charge in [0, 0.05) is 3.57 Å². The van der Waals surface area contributed by atoms with Gasteiger partial charge in [-0.15, -0.1) is 0 Å². The average molecular weight is 373 g/mol. The average Bonchev–Trinajstić information content (AvgIpc) is 2.34. The molecule has 0 saturated carbocycles. The van der Waals surface area contributed by atoms with Crippen LogP contribution in [0.1, 0.15) is 22.7 Å². The van der Waals surface area contributed by atoms with Crippen LogP contribution in [0.15, 0.2) is 36.4 Å². The lowest BCUT2D eigenvalue weighted by atomic mass is 9.95. The Morgan fingerprint density at radius 3 is 2.11 bits per heavy atom. The molecule has 0 radical (unpaired) electrons. The topological polar surface area (TPSA) is 12.0 Å². The summed E-state index contributed by atoms with van der Waals surface area (Å²) >= 11 is 2.12. The Morgan fingerprint density at radius 2 is 1.58 bits per heavy atom. The van der Waals surface area contributed by atoms with Gasteiger partial charge in [0.1, 0.15) is 11.6 Å². The van der Waals surface area contributed by atoms with E-state index >= 15 is 0 Å². The van der Waals surface area contributed by atoms with Crippen molar-refractivity contribution in [3.8, 4) is 0 Å². The SMILES string of the molecule is CNC(c1ccc(F)cc1C)c1ccc(F)cc1I. The van der Waals surface area contributed by atoms with Crippen molar-refractivity contribution in [3.05, 3.63) is 68.3 Å². The van der Waals surface area contributed by atoms with Crippen LogP contribution in [-0.2, 0) is 0 Å². The Balaban J connectivity index is 2.50. The van der Waals surface area contributed by atoms with Crippen LogP contribution in [0.2, 0.25) is 0 Å². The summed E-state index contributed by atoms with van der Waals surface area (Å²) in [5.41, 5.74) is 2.85. The zero-order chi connectivity index (χ0) is 14.0. The van der Waals surface area contributed by atoms with Gasteiger partial charge in [-0.3, -0.25) is 0 Å². The summed E-state index contributed by atoms with van der Waals surface area (Å²) in [4.78, 5) is 0. The van der Waals surface area contributed by atoms with Gasteiger partial charge in [0.05, 0.1) is 6.04 Å². The normalized spacial score (nSPS) is 12.5. The molecule has 2 aromatic carbocycles. The van der Waals surface area contributed by atoms with Gasteiger partial charge in [-0.25, -0.2) is 8.78 Å². The summed E-state index contributed by atoms with van der Waals surface area (Å²) in [6.07, 6.45) is 0. The van der Waals surface area contributed by atoms with E-state index in [1.54, 1.807) is 12.1 Å².